The van der Waals surface area contributed by atoms with Crippen LogP contribution in [0.25, 0.3) is 10.9 Å². The van der Waals surface area contributed by atoms with Gasteiger partial charge in [0.15, 0.2) is 0 Å². The van der Waals surface area contributed by atoms with Crippen LogP contribution in [0.5, 0.6) is 0 Å². The third kappa shape index (κ3) is 4.82. The molecule has 7 heteroatoms. The maximum absolute atomic E-state index is 12.4. The molecular weight excluding hydrogens is 394 g/mol. The first kappa shape index (κ1) is 21.6. The molecule has 1 N–H and O–H groups in total. The lowest BCUT2D eigenvalue weighted by Crippen LogP contribution is -2.41. The van der Waals surface area contributed by atoms with Crippen molar-refractivity contribution in [3.8, 4) is 0 Å². The molecule has 7 nitrogen and oxygen atoms in total. The monoisotopic (exact) mass is 425 g/mol. The van der Waals surface area contributed by atoms with Gasteiger partial charge in [-0.1, -0.05) is 12.1 Å². The number of hydrogen-bond donors (Lipinski definition) is 1. The van der Waals surface area contributed by atoms with Crippen molar-refractivity contribution < 1.29 is 19.1 Å². The lowest BCUT2D eigenvalue weighted by Gasteiger charge is -2.32. The highest BCUT2D eigenvalue weighted by Gasteiger charge is 2.30. The first-order valence-corrected chi connectivity index (χ1v) is 11.1. The molecule has 2 aliphatic heterocycles. The topological polar surface area (TPSA) is 80.6 Å². The van der Waals surface area contributed by atoms with Gasteiger partial charge in [-0.25, -0.2) is 0 Å². The molecule has 2 amide bonds. The molecule has 4 rings (SSSR count). The predicted octanol–water partition coefficient (Wildman–Crippen LogP) is 3.17. The third-order valence-corrected chi connectivity index (χ3v) is 6.12. The van der Waals surface area contributed by atoms with E-state index in [1.807, 2.05) is 43.7 Å². The highest BCUT2D eigenvalue weighted by molar-refractivity contribution is 6.00. The molecule has 1 aromatic heterocycles. The van der Waals surface area contributed by atoms with E-state index in [-0.39, 0.29) is 29.7 Å². The Morgan fingerprint density at radius 3 is 2.55 bits per heavy atom. The molecule has 0 unspecified atom stereocenters. The first-order chi connectivity index (χ1) is 14.7. The lowest BCUT2D eigenvalue weighted by molar-refractivity contribution is -0.161. The minimum absolute atomic E-state index is 0.0279. The maximum atomic E-state index is 12.4. The minimum atomic E-state index is -0.445. The number of benzene rings is 1. The summed E-state index contributed by atoms with van der Waals surface area (Å²) in [4.78, 5) is 38.5. The number of rotatable bonds is 4. The normalized spacial score (nSPS) is 21.3. The number of aromatic nitrogens is 1. The molecule has 0 bridgehead atoms. The van der Waals surface area contributed by atoms with E-state index < -0.39 is 5.60 Å². The van der Waals surface area contributed by atoms with Gasteiger partial charge >= 0.3 is 5.97 Å². The van der Waals surface area contributed by atoms with E-state index in [1.54, 1.807) is 0 Å². The molecule has 0 aliphatic carbocycles. The number of likely N-dealkylation sites (tertiary alicyclic amines) is 1. The number of hydrogen-bond acceptors (Lipinski definition) is 5. The van der Waals surface area contributed by atoms with Gasteiger partial charge in [-0.2, -0.15) is 0 Å². The highest BCUT2D eigenvalue weighted by atomic mass is 16.6. The van der Waals surface area contributed by atoms with Gasteiger partial charge in [0.25, 0.3) is 0 Å². The number of imide groups is 1. The van der Waals surface area contributed by atoms with Crippen molar-refractivity contribution in [1.82, 2.24) is 14.8 Å². The number of esters is 1. The van der Waals surface area contributed by atoms with Crippen LogP contribution in [0.2, 0.25) is 0 Å². The van der Waals surface area contributed by atoms with E-state index in [9.17, 15) is 14.4 Å². The Kier molecular flexibility index (Phi) is 5.88. The van der Waals surface area contributed by atoms with Crippen LogP contribution in [0.4, 0.5) is 0 Å². The summed E-state index contributed by atoms with van der Waals surface area (Å²) in [5.74, 6) is -0.549. The minimum Gasteiger partial charge on any atom is -0.460 e. The number of ether oxygens (including phenoxy) is 1. The van der Waals surface area contributed by atoms with Gasteiger partial charge < -0.3 is 9.30 Å². The summed E-state index contributed by atoms with van der Waals surface area (Å²) in [5.41, 5.74) is 1.77. The van der Waals surface area contributed by atoms with Crippen LogP contribution in [0.3, 0.4) is 0 Å². The zero-order valence-corrected chi connectivity index (χ0v) is 18.5. The molecule has 0 spiro atoms. The van der Waals surface area contributed by atoms with Crippen molar-refractivity contribution in [1.29, 1.82) is 0 Å². The van der Waals surface area contributed by atoms with Gasteiger partial charge in [-0.3, -0.25) is 24.6 Å². The molecule has 1 aromatic carbocycles. The Bertz CT molecular complexity index is 996. The number of carbonyl (C=O) groups excluding carboxylic acids is 3. The zero-order valence-electron chi connectivity index (χ0n) is 18.5. The van der Waals surface area contributed by atoms with Gasteiger partial charge in [0.1, 0.15) is 11.6 Å². The summed E-state index contributed by atoms with van der Waals surface area (Å²) in [6, 6.07) is 7.87. The van der Waals surface area contributed by atoms with E-state index in [1.165, 1.54) is 5.56 Å². The summed E-state index contributed by atoms with van der Waals surface area (Å²) < 4.78 is 7.53. The van der Waals surface area contributed by atoms with Crippen LogP contribution >= 0.6 is 0 Å². The smallest absolute Gasteiger partial charge is 0.309 e. The molecule has 2 fully saturated rings. The molecule has 166 valence electrons. The average molecular weight is 426 g/mol. The van der Waals surface area contributed by atoms with Crippen LogP contribution in [0.15, 0.2) is 30.5 Å². The van der Waals surface area contributed by atoms with Crippen LogP contribution in [0.1, 0.15) is 58.1 Å². The molecule has 2 aromatic rings. The Balaban J connectivity index is 1.43. The first-order valence-electron chi connectivity index (χ1n) is 11.1. The number of nitrogens with one attached hydrogen (secondary N) is 1. The van der Waals surface area contributed by atoms with Crippen molar-refractivity contribution in [3.63, 3.8) is 0 Å². The van der Waals surface area contributed by atoms with E-state index >= 15 is 0 Å². The van der Waals surface area contributed by atoms with Crippen LogP contribution in [-0.4, -0.2) is 45.9 Å². The van der Waals surface area contributed by atoms with Gasteiger partial charge in [0, 0.05) is 30.1 Å². The summed E-state index contributed by atoms with van der Waals surface area (Å²) in [6.07, 6.45) is 4.45. The molecule has 3 heterocycles. The summed E-state index contributed by atoms with van der Waals surface area (Å²) >= 11 is 0. The largest absolute Gasteiger partial charge is 0.460 e. The number of amides is 2. The molecule has 2 aliphatic rings. The Morgan fingerprint density at radius 1 is 1.13 bits per heavy atom. The summed E-state index contributed by atoms with van der Waals surface area (Å²) in [5, 5.41) is 3.57. The fourth-order valence-corrected chi connectivity index (χ4v) is 4.56. The van der Waals surface area contributed by atoms with Crippen LogP contribution in [-0.2, 0) is 25.7 Å². The van der Waals surface area contributed by atoms with E-state index in [0.717, 1.165) is 43.4 Å². The van der Waals surface area contributed by atoms with Gasteiger partial charge in [0.2, 0.25) is 11.8 Å². The highest BCUT2D eigenvalue weighted by Crippen LogP contribution is 2.29. The number of nitrogens with zero attached hydrogens (tertiary/aromatic N) is 2. The second-order valence-electron chi connectivity index (χ2n) is 9.62. The Labute approximate surface area is 182 Å². The molecule has 0 radical (unpaired) electrons. The van der Waals surface area contributed by atoms with Crippen LogP contribution < -0.4 is 5.32 Å². The fourth-order valence-electron chi connectivity index (χ4n) is 4.56. The second-order valence-corrected chi connectivity index (χ2v) is 9.62. The number of fused-ring (bicyclic) bond motifs is 1. The van der Waals surface area contributed by atoms with Crippen molar-refractivity contribution in [2.75, 3.05) is 13.1 Å². The number of piperidine rings is 2. The molecule has 0 saturated carbocycles. The standard InChI is InChI=1S/C24H31N3O4/c1-24(2,3)31-23(30)16-9-12-26(13-10-16)15-17-5-4-6-19-18(17)11-14-27(19)20-7-8-21(28)25-22(20)29/h4-6,11,14,16,20H,7-10,12-13,15H2,1-3H3,(H,25,28,29)/t20-/m0/s1. The summed E-state index contributed by atoms with van der Waals surface area (Å²) in [7, 11) is 0. The second kappa shape index (κ2) is 8.46. The summed E-state index contributed by atoms with van der Waals surface area (Å²) in [6.45, 7) is 8.23. The van der Waals surface area contributed by atoms with Crippen molar-refractivity contribution >= 4 is 28.7 Å². The van der Waals surface area contributed by atoms with Gasteiger partial charge in [-0.15, -0.1) is 0 Å². The molecule has 2 saturated heterocycles. The Morgan fingerprint density at radius 2 is 1.87 bits per heavy atom. The van der Waals surface area contributed by atoms with E-state index in [0.29, 0.717) is 12.8 Å². The zero-order chi connectivity index (χ0) is 22.2. The lowest BCUT2D eigenvalue weighted by atomic mass is 9.96. The van der Waals surface area contributed by atoms with Crippen molar-refractivity contribution in [2.24, 2.45) is 5.92 Å². The molecule has 1 atom stereocenters. The van der Waals surface area contributed by atoms with Crippen molar-refractivity contribution in [2.45, 2.75) is 64.6 Å². The molecule has 31 heavy (non-hydrogen) atoms. The molecular formula is C24H31N3O4. The predicted molar refractivity (Wildman–Crippen MR) is 117 cm³/mol. The van der Waals surface area contributed by atoms with Gasteiger partial charge in [0.05, 0.1) is 5.92 Å². The third-order valence-electron chi connectivity index (χ3n) is 6.12. The average Bonchev–Trinajstić information content (AvgIpc) is 3.12. The van der Waals surface area contributed by atoms with Crippen molar-refractivity contribution in [3.05, 3.63) is 36.0 Å². The quantitative estimate of drug-likeness (QED) is 0.601. The Hall–Kier alpha value is -2.67. The van der Waals surface area contributed by atoms with Gasteiger partial charge in [-0.05, 0) is 70.8 Å². The van der Waals surface area contributed by atoms with E-state index in [4.69, 9.17) is 4.74 Å². The SMILES string of the molecule is CC(C)(C)OC(=O)C1CCN(Cc2cccc3c2ccn3[C@H]2CCC(=O)NC2=O)CC1. The fraction of sp³-hybridized carbons (Fsp3) is 0.542. The van der Waals surface area contributed by atoms with Crippen LogP contribution in [0, 0.1) is 5.92 Å². The maximum Gasteiger partial charge on any atom is 0.309 e. The van der Waals surface area contributed by atoms with E-state index in [2.05, 4.69) is 22.3 Å². The number of carbonyl (C=O) groups is 3.